The first-order valence-corrected chi connectivity index (χ1v) is 7.30. The fraction of sp³-hybridized carbons (Fsp3) is 0.643. The molecule has 0 bridgehead atoms. The normalized spacial score (nSPS) is 22.1. The Morgan fingerprint density at radius 2 is 2.04 bits per heavy atom. The van der Waals surface area contributed by atoms with E-state index in [4.69, 9.17) is 10.5 Å². The highest BCUT2D eigenvalue weighted by molar-refractivity contribution is 5.67. The Morgan fingerprint density at radius 1 is 1.43 bits per heavy atom. The maximum atomic E-state index is 12.2. The summed E-state index contributed by atoms with van der Waals surface area (Å²) in [6.07, 6.45) is -1.22. The molecule has 0 radical (unpaired) electrons. The van der Waals surface area contributed by atoms with Crippen molar-refractivity contribution in [1.82, 2.24) is 15.3 Å². The van der Waals surface area contributed by atoms with E-state index in [1.54, 1.807) is 12.4 Å². The summed E-state index contributed by atoms with van der Waals surface area (Å²) >= 11 is 0. The molecule has 1 atom stereocenters. The van der Waals surface area contributed by atoms with Crippen molar-refractivity contribution in [3.63, 3.8) is 0 Å². The van der Waals surface area contributed by atoms with Gasteiger partial charge in [0.2, 0.25) is 5.95 Å². The van der Waals surface area contributed by atoms with E-state index in [9.17, 15) is 18.0 Å². The molecule has 1 heterocycles. The lowest BCUT2D eigenvalue weighted by molar-refractivity contribution is -0.138. The Balaban J connectivity index is 1.64. The van der Waals surface area contributed by atoms with E-state index in [-0.39, 0.29) is 18.5 Å². The smallest absolute Gasteiger partial charge is 0.407 e. The van der Waals surface area contributed by atoms with E-state index < -0.39 is 24.7 Å². The Labute approximate surface area is 131 Å². The largest absolute Gasteiger partial charge is 0.449 e. The molecule has 0 spiro atoms. The first-order chi connectivity index (χ1) is 10.7. The number of aromatic nitrogens is 2. The summed E-state index contributed by atoms with van der Waals surface area (Å²) in [6, 6.07) is -1.01. The molecule has 1 fully saturated rings. The highest BCUT2D eigenvalue weighted by atomic mass is 19.4. The van der Waals surface area contributed by atoms with Crippen LogP contribution in [-0.2, 0) is 4.74 Å². The molecule has 3 N–H and O–H groups in total. The van der Waals surface area contributed by atoms with Gasteiger partial charge in [0.15, 0.2) is 0 Å². The third-order valence-electron chi connectivity index (χ3n) is 3.75. The van der Waals surface area contributed by atoms with Gasteiger partial charge in [-0.1, -0.05) is 0 Å². The number of hydrogen-bond donors (Lipinski definition) is 2. The number of alkyl carbamates (subject to hydrolysis) is 1. The van der Waals surface area contributed by atoms with Gasteiger partial charge in [0.1, 0.15) is 0 Å². The van der Waals surface area contributed by atoms with Crippen molar-refractivity contribution < 1.29 is 22.7 Å². The third kappa shape index (κ3) is 5.57. The van der Waals surface area contributed by atoms with Crippen molar-refractivity contribution in [2.75, 3.05) is 12.3 Å². The molecule has 0 unspecified atom stereocenters. The van der Waals surface area contributed by atoms with Crippen LogP contribution in [0.3, 0.4) is 0 Å². The van der Waals surface area contributed by atoms with Gasteiger partial charge in [-0.15, -0.1) is 0 Å². The van der Waals surface area contributed by atoms with Gasteiger partial charge in [-0.2, -0.15) is 13.2 Å². The lowest BCUT2D eigenvalue weighted by Gasteiger charge is -2.34. The topological polar surface area (TPSA) is 90.1 Å². The summed E-state index contributed by atoms with van der Waals surface area (Å²) < 4.78 is 41.4. The summed E-state index contributed by atoms with van der Waals surface area (Å²) in [5.74, 6) is 0.718. The molecule has 1 aromatic rings. The van der Waals surface area contributed by atoms with Gasteiger partial charge in [-0.3, -0.25) is 0 Å². The van der Waals surface area contributed by atoms with Crippen molar-refractivity contribution in [2.24, 2.45) is 5.92 Å². The number of carbonyl (C=O) groups excluding carboxylic acids is 1. The SMILES string of the molecule is C[C@@H](CC(F)(F)F)NC(=O)OCC1CC(c2cnc(N)nc2)C1. The molecule has 23 heavy (non-hydrogen) atoms. The van der Waals surface area contributed by atoms with Gasteiger partial charge in [-0.25, -0.2) is 14.8 Å². The van der Waals surface area contributed by atoms with Gasteiger partial charge in [0.05, 0.1) is 13.0 Å². The number of rotatable bonds is 5. The third-order valence-corrected chi connectivity index (χ3v) is 3.75. The summed E-state index contributed by atoms with van der Waals surface area (Å²) in [5.41, 5.74) is 6.40. The fourth-order valence-corrected chi connectivity index (χ4v) is 2.54. The number of ether oxygens (including phenoxy) is 1. The first-order valence-electron chi connectivity index (χ1n) is 7.30. The van der Waals surface area contributed by atoms with Gasteiger partial charge >= 0.3 is 12.3 Å². The minimum atomic E-state index is -4.31. The zero-order chi connectivity index (χ0) is 17.0. The van der Waals surface area contributed by atoms with Crippen LogP contribution in [-0.4, -0.2) is 34.9 Å². The Kier molecular flexibility index (Phi) is 5.27. The summed E-state index contributed by atoms with van der Waals surface area (Å²) in [5, 5.41) is 2.17. The van der Waals surface area contributed by atoms with Crippen LogP contribution in [0.1, 0.15) is 37.7 Å². The predicted octanol–water partition coefficient (Wildman–Crippen LogP) is 2.62. The van der Waals surface area contributed by atoms with Crippen LogP contribution in [0.2, 0.25) is 0 Å². The van der Waals surface area contributed by atoms with Crippen molar-refractivity contribution in [2.45, 2.75) is 44.3 Å². The summed E-state index contributed by atoms with van der Waals surface area (Å²) in [4.78, 5) is 19.3. The molecule has 1 aromatic heterocycles. The molecule has 1 amide bonds. The monoisotopic (exact) mass is 332 g/mol. The molecular weight excluding hydrogens is 313 g/mol. The molecule has 128 valence electrons. The zero-order valence-corrected chi connectivity index (χ0v) is 12.6. The molecule has 0 saturated heterocycles. The zero-order valence-electron chi connectivity index (χ0n) is 12.6. The quantitative estimate of drug-likeness (QED) is 0.865. The second-order valence-electron chi connectivity index (χ2n) is 5.87. The molecule has 1 saturated carbocycles. The molecule has 0 aliphatic heterocycles. The minimum Gasteiger partial charge on any atom is -0.449 e. The predicted molar refractivity (Wildman–Crippen MR) is 76.5 cm³/mol. The van der Waals surface area contributed by atoms with Gasteiger partial charge in [0, 0.05) is 18.4 Å². The van der Waals surface area contributed by atoms with Crippen LogP contribution in [0.4, 0.5) is 23.9 Å². The molecule has 1 aliphatic rings. The van der Waals surface area contributed by atoms with E-state index >= 15 is 0 Å². The average Bonchev–Trinajstić information content (AvgIpc) is 2.36. The van der Waals surface area contributed by atoms with E-state index in [1.165, 1.54) is 6.92 Å². The number of nitrogens with two attached hydrogens (primary N) is 1. The maximum absolute atomic E-state index is 12.2. The van der Waals surface area contributed by atoms with Crippen molar-refractivity contribution >= 4 is 12.0 Å². The highest BCUT2D eigenvalue weighted by Gasteiger charge is 2.33. The van der Waals surface area contributed by atoms with Crippen LogP contribution in [0.25, 0.3) is 0 Å². The molecule has 6 nitrogen and oxygen atoms in total. The number of amides is 1. The molecule has 0 aromatic carbocycles. The Hall–Kier alpha value is -2.06. The van der Waals surface area contributed by atoms with E-state index in [0.29, 0.717) is 5.92 Å². The van der Waals surface area contributed by atoms with Gasteiger partial charge in [0.25, 0.3) is 0 Å². The second-order valence-corrected chi connectivity index (χ2v) is 5.87. The van der Waals surface area contributed by atoms with Crippen LogP contribution in [0.5, 0.6) is 0 Å². The first kappa shape index (κ1) is 17.3. The standard InChI is InChI=1S/C14H19F3N4O2/c1-8(4-14(15,16)17)21-13(22)23-7-9-2-10(3-9)11-5-19-12(18)20-6-11/h5-6,8-10H,2-4,7H2,1H3,(H,21,22)(H2,18,19,20)/t8-,9?,10?/m0/s1. The van der Waals surface area contributed by atoms with E-state index in [2.05, 4.69) is 15.3 Å². The molecule has 9 heteroatoms. The second kappa shape index (κ2) is 7.01. The number of anilines is 1. The summed E-state index contributed by atoms with van der Waals surface area (Å²) in [7, 11) is 0. The lowest BCUT2D eigenvalue weighted by Crippen LogP contribution is -2.38. The van der Waals surface area contributed by atoms with Crippen molar-refractivity contribution in [1.29, 1.82) is 0 Å². The Morgan fingerprint density at radius 3 is 2.61 bits per heavy atom. The number of nitrogens with one attached hydrogen (secondary N) is 1. The van der Waals surface area contributed by atoms with Crippen molar-refractivity contribution in [3.8, 4) is 0 Å². The van der Waals surface area contributed by atoms with E-state index in [1.807, 2.05) is 0 Å². The molecule has 1 aliphatic carbocycles. The molecular formula is C14H19F3N4O2. The van der Waals surface area contributed by atoms with Crippen LogP contribution in [0.15, 0.2) is 12.4 Å². The van der Waals surface area contributed by atoms with Gasteiger partial charge < -0.3 is 15.8 Å². The Bertz CT molecular complexity index is 530. The molecule has 2 rings (SSSR count). The van der Waals surface area contributed by atoms with Gasteiger partial charge in [-0.05, 0) is 37.2 Å². The number of nitrogen functional groups attached to an aromatic ring is 1. The fourth-order valence-electron chi connectivity index (χ4n) is 2.54. The van der Waals surface area contributed by atoms with Crippen molar-refractivity contribution in [3.05, 3.63) is 18.0 Å². The highest BCUT2D eigenvalue weighted by Crippen LogP contribution is 2.41. The van der Waals surface area contributed by atoms with Crippen LogP contribution in [0, 0.1) is 5.92 Å². The summed E-state index contributed by atoms with van der Waals surface area (Å²) in [6.45, 7) is 1.48. The number of nitrogens with zero attached hydrogens (tertiary/aromatic N) is 2. The number of carbonyl (C=O) groups is 1. The maximum Gasteiger partial charge on any atom is 0.407 e. The number of halogens is 3. The number of alkyl halides is 3. The van der Waals surface area contributed by atoms with E-state index in [0.717, 1.165) is 18.4 Å². The average molecular weight is 332 g/mol. The number of hydrogen-bond acceptors (Lipinski definition) is 5. The van der Waals surface area contributed by atoms with Crippen LogP contribution < -0.4 is 11.1 Å². The lowest BCUT2D eigenvalue weighted by atomic mass is 9.72. The van der Waals surface area contributed by atoms with Crippen LogP contribution >= 0.6 is 0 Å². The minimum absolute atomic E-state index is 0.191.